The average molecular weight is 442 g/mol. The molecule has 1 aromatic carbocycles. The molecule has 2 saturated heterocycles. The number of aliphatic hydroxyl groups is 1. The standard InChI is InChI=1S/C24H28ClN3O3/c25-17-7-4-6-16(12-17)13-28-20-14-27-19(8-5-9-21(27)30)23(28)22(18(20)15-29)24(31)26-10-2-1-3-11-26/h4-9,12,18,20,22-23,29H,1-3,10-11,13-15H2/t18-,20-,22+,23+/m0/s1. The molecule has 1 aromatic heterocycles. The number of piperidine rings is 1. The van der Waals surface area contributed by atoms with Crippen molar-refractivity contribution in [1.29, 1.82) is 0 Å². The maximum atomic E-state index is 13.7. The van der Waals surface area contributed by atoms with Crippen LogP contribution in [0.1, 0.15) is 36.6 Å². The van der Waals surface area contributed by atoms with Gasteiger partial charge in [-0.25, -0.2) is 0 Å². The van der Waals surface area contributed by atoms with Gasteiger partial charge in [-0.2, -0.15) is 0 Å². The molecule has 5 rings (SSSR count). The van der Waals surface area contributed by atoms with Gasteiger partial charge in [0.15, 0.2) is 0 Å². The van der Waals surface area contributed by atoms with E-state index in [1.807, 2.05) is 35.2 Å². The number of carbonyl (C=O) groups excluding carboxylic acids is 1. The summed E-state index contributed by atoms with van der Waals surface area (Å²) in [6, 6.07) is 12.8. The minimum Gasteiger partial charge on any atom is -0.396 e. The van der Waals surface area contributed by atoms with Gasteiger partial charge in [-0.3, -0.25) is 14.5 Å². The maximum absolute atomic E-state index is 13.7. The molecule has 0 radical (unpaired) electrons. The zero-order valence-corrected chi connectivity index (χ0v) is 18.2. The Labute approximate surface area is 187 Å². The van der Waals surface area contributed by atoms with Gasteiger partial charge in [-0.1, -0.05) is 29.8 Å². The molecule has 2 bridgehead atoms. The molecule has 3 aliphatic heterocycles. The summed E-state index contributed by atoms with van der Waals surface area (Å²) in [6.07, 6.45) is 3.21. The molecule has 4 atom stereocenters. The Bertz CT molecular complexity index is 1030. The molecule has 2 aromatic rings. The smallest absolute Gasteiger partial charge is 0.250 e. The first kappa shape index (κ1) is 20.7. The van der Waals surface area contributed by atoms with Gasteiger partial charge in [0.05, 0.1) is 12.0 Å². The lowest BCUT2D eigenvalue weighted by molar-refractivity contribution is -0.139. The highest BCUT2D eigenvalue weighted by Gasteiger charge is 2.56. The van der Waals surface area contributed by atoms with Crippen LogP contribution in [0.15, 0.2) is 47.3 Å². The number of halogens is 1. The van der Waals surface area contributed by atoms with E-state index in [9.17, 15) is 14.7 Å². The van der Waals surface area contributed by atoms with Crippen LogP contribution in [-0.4, -0.2) is 51.1 Å². The highest BCUT2D eigenvalue weighted by atomic mass is 35.5. The van der Waals surface area contributed by atoms with Crippen molar-refractivity contribution in [3.63, 3.8) is 0 Å². The Morgan fingerprint density at radius 1 is 1.10 bits per heavy atom. The van der Waals surface area contributed by atoms with Crippen LogP contribution in [-0.2, 0) is 17.9 Å². The van der Waals surface area contributed by atoms with Crippen molar-refractivity contribution in [2.45, 2.75) is 44.4 Å². The van der Waals surface area contributed by atoms with Crippen molar-refractivity contribution in [3.05, 3.63) is 69.1 Å². The summed E-state index contributed by atoms with van der Waals surface area (Å²) >= 11 is 6.22. The lowest BCUT2D eigenvalue weighted by Crippen LogP contribution is -2.46. The van der Waals surface area contributed by atoms with Crippen molar-refractivity contribution in [2.24, 2.45) is 11.8 Å². The van der Waals surface area contributed by atoms with E-state index in [-0.39, 0.29) is 42.0 Å². The topological polar surface area (TPSA) is 65.8 Å². The second-order valence-corrected chi connectivity index (χ2v) is 9.41. The van der Waals surface area contributed by atoms with Crippen LogP contribution in [0.25, 0.3) is 0 Å². The first-order valence-electron chi connectivity index (χ1n) is 11.2. The summed E-state index contributed by atoms with van der Waals surface area (Å²) in [6.45, 7) is 2.60. The van der Waals surface area contributed by atoms with Crippen molar-refractivity contribution in [3.8, 4) is 0 Å². The van der Waals surface area contributed by atoms with Crippen molar-refractivity contribution >= 4 is 17.5 Å². The van der Waals surface area contributed by atoms with Crippen LogP contribution >= 0.6 is 11.6 Å². The fourth-order valence-corrected chi connectivity index (χ4v) is 6.06. The number of aliphatic hydroxyl groups excluding tert-OH is 1. The predicted octanol–water partition coefficient (Wildman–Crippen LogP) is 2.68. The van der Waals surface area contributed by atoms with E-state index < -0.39 is 0 Å². The second kappa shape index (κ2) is 8.41. The number of hydrogen-bond acceptors (Lipinski definition) is 4. The summed E-state index contributed by atoms with van der Waals surface area (Å²) in [4.78, 5) is 30.7. The van der Waals surface area contributed by atoms with Gasteiger partial charge in [-0.05, 0) is 43.0 Å². The predicted molar refractivity (Wildman–Crippen MR) is 119 cm³/mol. The molecule has 0 aliphatic carbocycles. The molecule has 31 heavy (non-hydrogen) atoms. The number of hydrogen-bond donors (Lipinski definition) is 1. The maximum Gasteiger partial charge on any atom is 0.250 e. The van der Waals surface area contributed by atoms with E-state index in [0.717, 1.165) is 43.6 Å². The summed E-state index contributed by atoms with van der Waals surface area (Å²) in [5.74, 6) is -0.451. The van der Waals surface area contributed by atoms with Gasteiger partial charge in [0, 0.05) is 61.5 Å². The molecule has 1 N–H and O–H groups in total. The molecular weight excluding hydrogens is 414 g/mol. The number of amides is 1. The van der Waals surface area contributed by atoms with Crippen molar-refractivity contribution in [1.82, 2.24) is 14.4 Å². The zero-order chi connectivity index (χ0) is 21.5. The minimum absolute atomic E-state index is 0.0438. The van der Waals surface area contributed by atoms with Gasteiger partial charge < -0.3 is 14.6 Å². The van der Waals surface area contributed by atoms with Crippen LogP contribution < -0.4 is 5.56 Å². The number of aromatic nitrogens is 1. The van der Waals surface area contributed by atoms with Gasteiger partial charge in [0.25, 0.3) is 5.56 Å². The van der Waals surface area contributed by atoms with Crippen LogP contribution in [0.4, 0.5) is 0 Å². The lowest BCUT2D eigenvalue weighted by Gasteiger charge is -2.38. The monoisotopic (exact) mass is 441 g/mol. The summed E-state index contributed by atoms with van der Waals surface area (Å²) in [5.41, 5.74) is 1.90. The molecule has 6 nitrogen and oxygen atoms in total. The molecule has 3 aliphatic rings. The van der Waals surface area contributed by atoms with E-state index in [0.29, 0.717) is 18.1 Å². The molecule has 164 valence electrons. The third-order valence-corrected chi connectivity index (χ3v) is 7.49. The van der Waals surface area contributed by atoms with Crippen molar-refractivity contribution < 1.29 is 9.90 Å². The van der Waals surface area contributed by atoms with Crippen LogP contribution in [0.5, 0.6) is 0 Å². The first-order chi connectivity index (χ1) is 15.1. The summed E-state index contributed by atoms with van der Waals surface area (Å²) < 4.78 is 1.80. The van der Waals surface area contributed by atoms with Crippen LogP contribution in [0, 0.1) is 11.8 Å². The number of fused-ring (bicyclic) bond motifs is 4. The third-order valence-electron chi connectivity index (χ3n) is 7.25. The molecule has 7 heteroatoms. The SMILES string of the molecule is O=C([C@@H]1[C@@H](CO)[C@@H]2Cn3c(cccc3=O)[C@H]1N2Cc1cccc(Cl)c1)N1CCCCC1. The Kier molecular flexibility index (Phi) is 5.63. The Hall–Kier alpha value is -2.15. The first-order valence-corrected chi connectivity index (χ1v) is 11.6. The molecule has 4 heterocycles. The number of pyridine rings is 1. The molecule has 0 unspecified atom stereocenters. The second-order valence-electron chi connectivity index (χ2n) is 8.97. The van der Waals surface area contributed by atoms with Crippen molar-refractivity contribution in [2.75, 3.05) is 19.7 Å². The van der Waals surface area contributed by atoms with E-state index >= 15 is 0 Å². The van der Waals surface area contributed by atoms with E-state index in [1.165, 1.54) is 0 Å². The number of rotatable bonds is 4. The highest BCUT2D eigenvalue weighted by Crippen LogP contribution is 2.49. The lowest BCUT2D eigenvalue weighted by atomic mass is 9.85. The van der Waals surface area contributed by atoms with Gasteiger partial charge >= 0.3 is 0 Å². The molecular formula is C24H28ClN3O3. The fraction of sp³-hybridized carbons (Fsp3) is 0.500. The van der Waals surface area contributed by atoms with E-state index in [1.54, 1.807) is 16.7 Å². The van der Waals surface area contributed by atoms with Gasteiger partial charge in [-0.15, -0.1) is 0 Å². The Morgan fingerprint density at radius 2 is 1.87 bits per heavy atom. The van der Waals surface area contributed by atoms with Gasteiger partial charge in [0.1, 0.15) is 0 Å². The Balaban J connectivity index is 1.57. The largest absolute Gasteiger partial charge is 0.396 e. The summed E-state index contributed by atoms with van der Waals surface area (Å²) in [7, 11) is 0. The van der Waals surface area contributed by atoms with Crippen LogP contribution in [0.2, 0.25) is 5.02 Å². The Morgan fingerprint density at radius 3 is 2.61 bits per heavy atom. The summed E-state index contributed by atoms with van der Waals surface area (Å²) in [5, 5.41) is 11.1. The number of benzene rings is 1. The third kappa shape index (κ3) is 3.60. The number of nitrogens with zero attached hydrogens (tertiary/aromatic N) is 3. The number of carbonyl (C=O) groups is 1. The molecule has 0 spiro atoms. The molecule has 2 fully saturated rings. The average Bonchev–Trinajstić information content (AvgIpc) is 2.98. The molecule has 0 saturated carbocycles. The number of likely N-dealkylation sites (tertiary alicyclic amines) is 1. The minimum atomic E-state index is -0.358. The highest BCUT2D eigenvalue weighted by molar-refractivity contribution is 6.30. The fourth-order valence-electron chi connectivity index (χ4n) is 5.84. The zero-order valence-electron chi connectivity index (χ0n) is 17.5. The van der Waals surface area contributed by atoms with Gasteiger partial charge in [0.2, 0.25) is 5.91 Å². The van der Waals surface area contributed by atoms with Crippen LogP contribution in [0.3, 0.4) is 0 Å². The molecule has 1 amide bonds. The quantitative estimate of drug-likeness (QED) is 0.792. The van der Waals surface area contributed by atoms with E-state index in [2.05, 4.69) is 4.90 Å². The normalized spacial score (nSPS) is 27.9. The van der Waals surface area contributed by atoms with E-state index in [4.69, 9.17) is 11.6 Å².